The Morgan fingerprint density at radius 2 is 2.06 bits per heavy atom. The normalized spacial score (nSPS) is 26.2. The van der Waals surface area contributed by atoms with Gasteiger partial charge >= 0.3 is 0 Å². The lowest BCUT2D eigenvalue weighted by molar-refractivity contribution is 0.385. The van der Waals surface area contributed by atoms with Crippen LogP contribution < -0.4 is 10.6 Å². The molecule has 3 heteroatoms. The van der Waals surface area contributed by atoms with E-state index >= 15 is 0 Å². The van der Waals surface area contributed by atoms with Gasteiger partial charge < -0.3 is 10.6 Å². The molecular weight excluding hydrogens is 227 g/mol. The molecule has 18 heavy (non-hydrogen) atoms. The first-order valence-corrected chi connectivity index (χ1v) is 6.81. The highest BCUT2D eigenvalue weighted by molar-refractivity contribution is 5.57. The minimum atomic E-state index is -0.147. The van der Waals surface area contributed by atoms with Gasteiger partial charge in [0.05, 0.1) is 5.69 Å². The molecule has 0 saturated carbocycles. The quantitative estimate of drug-likeness (QED) is 0.871. The second-order valence-electron chi connectivity index (χ2n) is 5.65. The largest absolute Gasteiger partial charge is 0.366 e. The Kier molecular flexibility index (Phi) is 3.91. The van der Waals surface area contributed by atoms with E-state index in [1.165, 1.54) is 12.5 Å². The summed E-state index contributed by atoms with van der Waals surface area (Å²) < 4.78 is 14.2. The van der Waals surface area contributed by atoms with Crippen molar-refractivity contribution in [1.29, 1.82) is 0 Å². The van der Waals surface area contributed by atoms with E-state index in [1.54, 1.807) is 6.07 Å². The van der Waals surface area contributed by atoms with Gasteiger partial charge in [-0.2, -0.15) is 0 Å². The van der Waals surface area contributed by atoms with Gasteiger partial charge in [0.15, 0.2) is 0 Å². The lowest BCUT2D eigenvalue weighted by Gasteiger charge is -2.40. The molecule has 1 fully saturated rings. The molecule has 1 aliphatic heterocycles. The summed E-state index contributed by atoms with van der Waals surface area (Å²) in [6, 6.07) is 5.47. The van der Waals surface area contributed by atoms with Crippen molar-refractivity contribution in [3.05, 3.63) is 29.6 Å². The summed E-state index contributed by atoms with van der Waals surface area (Å²) in [5.41, 5.74) is 7.60. The number of anilines is 1. The Hall–Kier alpha value is -1.09. The molecule has 1 aromatic carbocycles. The molecule has 2 N–H and O–H groups in total. The van der Waals surface area contributed by atoms with Crippen molar-refractivity contribution in [1.82, 2.24) is 0 Å². The van der Waals surface area contributed by atoms with Crippen LogP contribution >= 0.6 is 0 Å². The van der Waals surface area contributed by atoms with Crippen molar-refractivity contribution in [3.8, 4) is 0 Å². The van der Waals surface area contributed by atoms with E-state index in [9.17, 15) is 4.39 Å². The number of halogens is 1. The molecule has 1 saturated heterocycles. The van der Waals surface area contributed by atoms with Gasteiger partial charge in [-0.05, 0) is 44.2 Å². The monoisotopic (exact) mass is 250 g/mol. The maximum atomic E-state index is 14.2. The summed E-state index contributed by atoms with van der Waals surface area (Å²) in [4.78, 5) is 2.20. The van der Waals surface area contributed by atoms with Crippen LogP contribution in [0.1, 0.15) is 45.2 Å². The fraction of sp³-hybridized carbons (Fsp3) is 0.600. The number of nitrogens with two attached hydrogens (primary N) is 1. The van der Waals surface area contributed by atoms with Crippen LogP contribution in [0.3, 0.4) is 0 Å². The molecule has 0 aliphatic carbocycles. The summed E-state index contributed by atoms with van der Waals surface area (Å²) in [6.45, 7) is 7.23. The number of para-hydroxylation sites is 1. The van der Waals surface area contributed by atoms with Crippen LogP contribution in [-0.4, -0.2) is 12.6 Å². The first-order valence-electron chi connectivity index (χ1n) is 6.81. The molecule has 1 heterocycles. The molecule has 0 aromatic heterocycles. The summed E-state index contributed by atoms with van der Waals surface area (Å²) >= 11 is 0. The van der Waals surface area contributed by atoms with Crippen LogP contribution in [-0.2, 0) is 0 Å². The Morgan fingerprint density at radius 1 is 1.33 bits per heavy atom. The minimum absolute atomic E-state index is 0.139. The fourth-order valence-corrected chi connectivity index (χ4v) is 2.80. The van der Waals surface area contributed by atoms with Crippen molar-refractivity contribution >= 4 is 5.69 Å². The van der Waals surface area contributed by atoms with E-state index < -0.39 is 0 Å². The first kappa shape index (κ1) is 13.3. The number of benzene rings is 1. The van der Waals surface area contributed by atoms with E-state index in [1.807, 2.05) is 13.0 Å². The molecule has 0 spiro atoms. The topological polar surface area (TPSA) is 29.3 Å². The smallest absolute Gasteiger partial charge is 0.146 e. The summed E-state index contributed by atoms with van der Waals surface area (Å²) in [5, 5.41) is 0. The average Bonchev–Trinajstić information content (AvgIpc) is 2.32. The maximum absolute atomic E-state index is 14.2. The van der Waals surface area contributed by atoms with Gasteiger partial charge in [-0.3, -0.25) is 0 Å². The predicted octanol–water partition coefficient (Wildman–Crippen LogP) is 3.47. The highest BCUT2D eigenvalue weighted by atomic mass is 19.1. The molecule has 3 atom stereocenters. The highest BCUT2D eigenvalue weighted by Crippen LogP contribution is 2.34. The standard InChI is InChI=1S/C15H23FN2/c1-10-7-8-11(2)18(9-10)15-13(12(3)17)5-4-6-14(15)16/h4-6,10-12H,7-9,17H2,1-3H3. The SMILES string of the molecule is CC1CCC(C)N(c2c(F)cccc2C(C)N)C1. The van der Waals surface area contributed by atoms with Crippen LogP contribution in [0.15, 0.2) is 18.2 Å². The minimum Gasteiger partial charge on any atom is -0.366 e. The van der Waals surface area contributed by atoms with E-state index in [-0.39, 0.29) is 11.9 Å². The van der Waals surface area contributed by atoms with Crippen LogP contribution in [0.25, 0.3) is 0 Å². The molecule has 1 aliphatic rings. The van der Waals surface area contributed by atoms with Gasteiger partial charge in [0.25, 0.3) is 0 Å². The van der Waals surface area contributed by atoms with Crippen LogP contribution in [0, 0.1) is 11.7 Å². The van der Waals surface area contributed by atoms with Crippen molar-refractivity contribution in [2.45, 2.75) is 45.7 Å². The number of rotatable bonds is 2. The number of nitrogens with zero attached hydrogens (tertiary/aromatic N) is 1. The fourth-order valence-electron chi connectivity index (χ4n) is 2.80. The van der Waals surface area contributed by atoms with E-state index in [2.05, 4.69) is 18.7 Å². The third kappa shape index (κ3) is 2.51. The molecule has 3 unspecified atom stereocenters. The van der Waals surface area contributed by atoms with Gasteiger partial charge in [-0.15, -0.1) is 0 Å². The van der Waals surface area contributed by atoms with Gasteiger partial charge in [-0.25, -0.2) is 4.39 Å². The summed E-state index contributed by atoms with van der Waals surface area (Å²) in [7, 11) is 0. The Bertz CT molecular complexity index is 417. The van der Waals surface area contributed by atoms with Crippen LogP contribution in [0.2, 0.25) is 0 Å². The van der Waals surface area contributed by atoms with Crippen molar-refractivity contribution in [3.63, 3.8) is 0 Å². The van der Waals surface area contributed by atoms with Crippen LogP contribution in [0.5, 0.6) is 0 Å². The van der Waals surface area contributed by atoms with Crippen molar-refractivity contribution < 1.29 is 4.39 Å². The molecule has 2 rings (SSSR count). The Balaban J connectivity index is 2.42. The average molecular weight is 250 g/mol. The van der Waals surface area contributed by atoms with Crippen molar-refractivity contribution in [2.24, 2.45) is 11.7 Å². The zero-order valence-electron chi connectivity index (χ0n) is 11.5. The Labute approximate surface area is 109 Å². The molecule has 0 radical (unpaired) electrons. The second-order valence-corrected chi connectivity index (χ2v) is 5.65. The number of hydrogen-bond donors (Lipinski definition) is 1. The van der Waals surface area contributed by atoms with E-state index in [0.29, 0.717) is 17.6 Å². The van der Waals surface area contributed by atoms with Gasteiger partial charge in [0.1, 0.15) is 5.82 Å². The predicted molar refractivity (Wildman–Crippen MR) is 74.2 cm³/mol. The maximum Gasteiger partial charge on any atom is 0.146 e. The first-order chi connectivity index (χ1) is 8.50. The molecule has 0 amide bonds. The summed E-state index contributed by atoms with van der Waals surface area (Å²) in [6.07, 6.45) is 2.34. The lowest BCUT2D eigenvalue weighted by Crippen LogP contribution is -2.42. The molecule has 1 aromatic rings. The lowest BCUT2D eigenvalue weighted by atomic mass is 9.93. The Morgan fingerprint density at radius 3 is 2.72 bits per heavy atom. The zero-order chi connectivity index (χ0) is 13.3. The molecular formula is C15H23FN2. The molecule has 0 bridgehead atoms. The van der Waals surface area contributed by atoms with Crippen molar-refractivity contribution in [2.75, 3.05) is 11.4 Å². The van der Waals surface area contributed by atoms with Gasteiger partial charge in [0, 0.05) is 18.6 Å². The highest BCUT2D eigenvalue weighted by Gasteiger charge is 2.27. The summed E-state index contributed by atoms with van der Waals surface area (Å²) in [5.74, 6) is 0.465. The third-order valence-electron chi connectivity index (χ3n) is 3.91. The van der Waals surface area contributed by atoms with E-state index in [4.69, 9.17) is 5.73 Å². The van der Waals surface area contributed by atoms with E-state index in [0.717, 1.165) is 18.5 Å². The van der Waals surface area contributed by atoms with Crippen LogP contribution in [0.4, 0.5) is 10.1 Å². The molecule has 2 nitrogen and oxygen atoms in total. The van der Waals surface area contributed by atoms with Gasteiger partial charge in [-0.1, -0.05) is 19.1 Å². The molecule has 100 valence electrons. The second kappa shape index (κ2) is 5.27. The number of piperidine rings is 1. The zero-order valence-corrected chi connectivity index (χ0v) is 11.5. The number of hydrogen-bond acceptors (Lipinski definition) is 2. The third-order valence-corrected chi connectivity index (χ3v) is 3.91. The van der Waals surface area contributed by atoms with Gasteiger partial charge in [0.2, 0.25) is 0 Å².